The van der Waals surface area contributed by atoms with E-state index in [1.165, 1.54) is 24.5 Å². The number of sulfonamides is 1. The zero-order valence-electron chi connectivity index (χ0n) is 18.0. The van der Waals surface area contributed by atoms with E-state index in [4.69, 9.17) is 4.74 Å². The van der Waals surface area contributed by atoms with Crippen LogP contribution in [0.4, 0.5) is 11.6 Å². The van der Waals surface area contributed by atoms with Crippen molar-refractivity contribution in [2.45, 2.75) is 24.7 Å². The molecule has 1 fully saturated rings. The molecule has 170 valence electrons. The minimum atomic E-state index is -4.08. The molecule has 0 atom stereocenters. The number of amides is 1. The number of carbonyl (C=O) groups is 1. The number of rotatable bonds is 6. The minimum Gasteiger partial charge on any atom is -0.495 e. The standard InChI is InChI=1S/C22H21N5O4S2/c1-14-5-7-15(8-6-14)17-13-32-22-23-21(24-27(17)22)25-33(29,30)19-12-16(9-10-18(19)31-2)26-11-3-4-20(26)28/h5-10,12-13H,3-4,11H2,1-2H3,(H,24,25). The van der Waals surface area contributed by atoms with Crippen LogP contribution >= 0.6 is 11.3 Å². The second-order valence-electron chi connectivity index (χ2n) is 7.71. The van der Waals surface area contributed by atoms with Gasteiger partial charge in [0.1, 0.15) is 10.6 Å². The van der Waals surface area contributed by atoms with Crippen LogP contribution in [0.1, 0.15) is 18.4 Å². The maximum absolute atomic E-state index is 13.2. The van der Waals surface area contributed by atoms with Gasteiger partial charge in [-0.2, -0.15) is 4.98 Å². The smallest absolute Gasteiger partial charge is 0.268 e. The number of hydrogen-bond acceptors (Lipinski definition) is 7. The molecule has 0 radical (unpaired) electrons. The second kappa shape index (κ2) is 8.16. The molecule has 0 saturated carbocycles. The quantitative estimate of drug-likeness (QED) is 0.448. The molecular weight excluding hydrogens is 462 g/mol. The molecule has 5 rings (SSSR count). The molecule has 0 bridgehead atoms. The highest BCUT2D eigenvalue weighted by atomic mass is 32.2. The molecule has 0 aliphatic carbocycles. The average Bonchev–Trinajstić information content (AvgIpc) is 3.49. The fourth-order valence-corrected chi connectivity index (χ4v) is 5.75. The number of anilines is 2. The fourth-order valence-electron chi connectivity index (χ4n) is 3.79. The molecule has 1 N–H and O–H groups in total. The van der Waals surface area contributed by atoms with E-state index < -0.39 is 10.0 Å². The number of aromatic nitrogens is 3. The van der Waals surface area contributed by atoms with E-state index in [0.29, 0.717) is 23.6 Å². The molecular formula is C22H21N5O4S2. The van der Waals surface area contributed by atoms with E-state index in [-0.39, 0.29) is 22.5 Å². The Morgan fingerprint density at radius 1 is 1.15 bits per heavy atom. The number of carbonyl (C=O) groups excluding carboxylic acids is 1. The van der Waals surface area contributed by atoms with Crippen LogP contribution in [0.25, 0.3) is 16.2 Å². The normalized spacial score (nSPS) is 14.2. The Morgan fingerprint density at radius 2 is 1.94 bits per heavy atom. The predicted octanol–water partition coefficient (Wildman–Crippen LogP) is 3.70. The van der Waals surface area contributed by atoms with Crippen LogP contribution in [0.3, 0.4) is 0 Å². The van der Waals surface area contributed by atoms with Crippen LogP contribution in [-0.4, -0.2) is 42.6 Å². The molecule has 1 saturated heterocycles. The van der Waals surface area contributed by atoms with Gasteiger partial charge >= 0.3 is 0 Å². The highest BCUT2D eigenvalue weighted by Gasteiger charge is 2.27. The molecule has 1 aliphatic heterocycles. The summed E-state index contributed by atoms with van der Waals surface area (Å²) in [7, 11) is -2.68. The van der Waals surface area contributed by atoms with Gasteiger partial charge in [0.25, 0.3) is 16.0 Å². The molecule has 0 unspecified atom stereocenters. The highest BCUT2D eigenvalue weighted by molar-refractivity contribution is 7.92. The zero-order chi connectivity index (χ0) is 23.2. The molecule has 3 heterocycles. The fraction of sp³-hybridized carbons (Fsp3) is 0.227. The Kier molecular flexibility index (Phi) is 5.29. The van der Waals surface area contributed by atoms with Crippen molar-refractivity contribution in [2.24, 2.45) is 0 Å². The Balaban J connectivity index is 1.49. The monoisotopic (exact) mass is 483 g/mol. The van der Waals surface area contributed by atoms with E-state index in [1.54, 1.807) is 21.5 Å². The molecule has 33 heavy (non-hydrogen) atoms. The van der Waals surface area contributed by atoms with Crippen LogP contribution in [0.5, 0.6) is 5.75 Å². The number of nitrogens with one attached hydrogen (secondary N) is 1. The minimum absolute atomic E-state index is 0.0314. The summed E-state index contributed by atoms with van der Waals surface area (Å²) in [5.74, 6) is 0.0929. The van der Waals surface area contributed by atoms with Gasteiger partial charge in [-0.25, -0.2) is 17.7 Å². The van der Waals surface area contributed by atoms with Crippen molar-refractivity contribution in [3.05, 3.63) is 53.4 Å². The molecule has 1 aliphatic rings. The first-order valence-corrected chi connectivity index (χ1v) is 12.6. The van der Waals surface area contributed by atoms with Gasteiger partial charge in [-0.3, -0.25) is 4.79 Å². The largest absolute Gasteiger partial charge is 0.495 e. The Labute approximate surface area is 194 Å². The summed E-state index contributed by atoms with van der Waals surface area (Å²) >= 11 is 1.37. The van der Waals surface area contributed by atoms with Crippen molar-refractivity contribution in [3.63, 3.8) is 0 Å². The van der Waals surface area contributed by atoms with Crippen molar-refractivity contribution in [3.8, 4) is 17.0 Å². The molecule has 1 amide bonds. The third-order valence-corrected chi connectivity index (χ3v) is 7.64. The number of aryl methyl sites for hydroxylation is 1. The number of thiazole rings is 1. The zero-order valence-corrected chi connectivity index (χ0v) is 19.6. The van der Waals surface area contributed by atoms with E-state index in [1.807, 2.05) is 36.6 Å². The number of hydrogen-bond donors (Lipinski definition) is 1. The topological polar surface area (TPSA) is 106 Å². The van der Waals surface area contributed by atoms with Crippen molar-refractivity contribution < 1.29 is 17.9 Å². The SMILES string of the molecule is COc1ccc(N2CCCC2=O)cc1S(=O)(=O)Nc1nc2scc(-c3ccc(C)cc3)n2n1. The van der Waals surface area contributed by atoms with Gasteiger partial charge in [-0.15, -0.1) is 16.4 Å². The number of benzene rings is 2. The van der Waals surface area contributed by atoms with Crippen LogP contribution in [-0.2, 0) is 14.8 Å². The lowest BCUT2D eigenvalue weighted by Gasteiger charge is -2.18. The lowest BCUT2D eigenvalue weighted by molar-refractivity contribution is -0.117. The third kappa shape index (κ3) is 3.93. The Morgan fingerprint density at radius 3 is 2.64 bits per heavy atom. The van der Waals surface area contributed by atoms with Gasteiger partial charge in [0.15, 0.2) is 0 Å². The summed E-state index contributed by atoms with van der Waals surface area (Å²) in [5.41, 5.74) is 3.43. The molecule has 0 spiro atoms. The molecule has 11 heteroatoms. The summed E-state index contributed by atoms with van der Waals surface area (Å²) in [6.07, 6.45) is 1.19. The second-order valence-corrected chi connectivity index (χ2v) is 10.2. The van der Waals surface area contributed by atoms with Crippen LogP contribution < -0.4 is 14.4 Å². The number of methoxy groups -OCH3 is 1. The van der Waals surface area contributed by atoms with Gasteiger partial charge in [0.05, 0.1) is 12.8 Å². The molecule has 2 aromatic carbocycles. The lowest BCUT2D eigenvalue weighted by Crippen LogP contribution is -2.24. The first kappa shape index (κ1) is 21.4. The van der Waals surface area contributed by atoms with E-state index >= 15 is 0 Å². The van der Waals surface area contributed by atoms with Crippen LogP contribution in [0.15, 0.2) is 52.7 Å². The molecule has 4 aromatic rings. The van der Waals surface area contributed by atoms with Crippen LogP contribution in [0.2, 0.25) is 0 Å². The maximum Gasteiger partial charge on any atom is 0.268 e. The number of ether oxygens (including phenoxy) is 1. The summed E-state index contributed by atoms with van der Waals surface area (Å²) in [5, 5.41) is 6.30. The summed E-state index contributed by atoms with van der Waals surface area (Å²) in [4.78, 5) is 18.5. The van der Waals surface area contributed by atoms with E-state index in [0.717, 1.165) is 23.2 Å². The van der Waals surface area contributed by atoms with Crippen LogP contribution in [0, 0.1) is 6.92 Å². The molecule has 2 aromatic heterocycles. The van der Waals surface area contributed by atoms with Crippen molar-refractivity contribution >= 4 is 43.9 Å². The summed E-state index contributed by atoms with van der Waals surface area (Å²) in [6.45, 7) is 2.57. The Hall–Kier alpha value is -3.44. The van der Waals surface area contributed by atoms with E-state index in [9.17, 15) is 13.2 Å². The first-order chi connectivity index (χ1) is 15.9. The van der Waals surface area contributed by atoms with Gasteiger partial charge < -0.3 is 9.64 Å². The number of nitrogens with zero attached hydrogens (tertiary/aromatic N) is 4. The van der Waals surface area contributed by atoms with Gasteiger partial charge in [0, 0.05) is 29.6 Å². The third-order valence-electron chi connectivity index (χ3n) is 5.48. The van der Waals surface area contributed by atoms with Crippen molar-refractivity contribution in [1.29, 1.82) is 0 Å². The van der Waals surface area contributed by atoms with Gasteiger partial charge in [-0.05, 0) is 31.5 Å². The molecule has 9 nitrogen and oxygen atoms in total. The first-order valence-electron chi connectivity index (χ1n) is 10.3. The summed E-state index contributed by atoms with van der Waals surface area (Å²) < 4.78 is 35.8. The van der Waals surface area contributed by atoms with Crippen molar-refractivity contribution in [2.75, 3.05) is 23.3 Å². The van der Waals surface area contributed by atoms with Gasteiger partial charge in [-0.1, -0.05) is 29.8 Å². The van der Waals surface area contributed by atoms with E-state index in [2.05, 4.69) is 14.8 Å². The average molecular weight is 484 g/mol. The lowest BCUT2D eigenvalue weighted by atomic mass is 10.1. The predicted molar refractivity (Wildman–Crippen MR) is 126 cm³/mol. The highest BCUT2D eigenvalue weighted by Crippen LogP contribution is 2.32. The van der Waals surface area contributed by atoms with Crippen molar-refractivity contribution in [1.82, 2.24) is 14.6 Å². The maximum atomic E-state index is 13.2. The number of fused-ring (bicyclic) bond motifs is 1. The van der Waals surface area contributed by atoms with Gasteiger partial charge in [0.2, 0.25) is 10.9 Å². The Bertz CT molecular complexity index is 1460. The summed E-state index contributed by atoms with van der Waals surface area (Å²) in [6, 6.07) is 12.6.